The van der Waals surface area contributed by atoms with Gasteiger partial charge in [-0.05, 0) is 24.9 Å². The summed E-state index contributed by atoms with van der Waals surface area (Å²) in [4.78, 5) is 14.4. The van der Waals surface area contributed by atoms with Gasteiger partial charge in [0, 0.05) is 12.6 Å². The van der Waals surface area contributed by atoms with Crippen LogP contribution in [0, 0.1) is 0 Å². The molecule has 1 atom stereocenters. The number of carbonyl (C=O) groups excluding carboxylic acids is 1. The van der Waals surface area contributed by atoms with Crippen LogP contribution >= 0.6 is 0 Å². The molecule has 2 rings (SSSR count). The van der Waals surface area contributed by atoms with Gasteiger partial charge < -0.3 is 10.5 Å². The third-order valence-electron chi connectivity index (χ3n) is 3.76. The maximum absolute atomic E-state index is 12.2. The number of carbonyl (C=O) groups is 1. The van der Waals surface area contributed by atoms with Crippen molar-refractivity contribution in [2.75, 3.05) is 20.2 Å². The van der Waals surface area contributed by atoms with E-state index in [1.165, 1.54) is 20.0 Å². The number of likely N-dealkylation sites (N-methyl/N-ethyl adjacent to an activating group) is 1. The van der Waals surface area contributed by atoms with Crippen LogP contribution in [0.5, 0.6) is 0 Å². The third-order valence-corrected chi connectivity index (χ3v) is 3.76. The van der Waals surface area contributed by atoms with E-state index in [-0.39, 0.29) is 5.97 Å². The highest BCUT2D eigenvalue weighted by Gasteiger charge is 2.41. The topological polar surface area (TPSA) is 55.6 Å². The Bertz CT molecular complexity index is 431. The molecule has 1 aliphatic rings. The second kappa shape index (κ2) is 5.72. The number of hydrogen-bond donors (Lipinski definition) is 1. The van der Waals surface area contributed by atoms with Crippen LogP contribution in [-0.2, 0) is 15.1 Å². The van der Waals surface area contributed by atoms with Crippen molar-refractivity contribution in [2.24, 2.45) is 5.73 Å². The molecule has 104 valence electrons. The minimum Gasteiger partial charge on any atom is -0.467 e. The van der Waals surface area contributed by atoms with Crippen LogP contribution in [0.2, 0.25) is 0 Å². The number of hydrogen-bond acceptors (Lipinski definition) is 4. The molecule has 0 radical (unpaired) electrons. The van der Waals surface area contributed by atoms with Crippen molar-refractivity contribution < 1.29 is 9.53 Å². The molecule has 4 nitrogen and oxygen atoms in total. The number of esters is 1. The second-order valence-electron chi connectivity index (χ2n) is 5.12. The molecule has 0 spiro atoms. The average Bonchev–Trinajstić information content (AvgIpc) is 3.29. The highest BCUT2D eigenvalue weighted by molar-refractivity contribution is 5.82. The molecule has 19 heavy (non-hydrogen) atoms. The number of benzene rings is 1. The summed E-state index contributed by atoms with van der Waals surface area (Å²) in [5.74, 6) is -0.377. The monoisotopic (exact) mass is 262 g/mol. The normalized spacial score (nSPS) is 18.1. The van der Waals surface area contributed by atoms with E-state index in [1.54, 1.807) is 0 Å². The van der Waals surface area contributed by atoms with E-state index in [1.807, 2.05) is 30.3 Å². The van der Waals surface area contributed by atoms with Gasteiger partial charge in [-0.1, -0.05) is 37.3 Å². The maximum atomic E-state index is 12.2. The number of ether oxygens (including phenoxy) is 1. The zero-order valence-electron chi connectivity index (χ0n) is 11.6. The Morgan fingerprint density at radius 3 is 2.53 bits per heavy atom. The van der Waals surface area contributed by atoms with Gasteiger partial charge in [-0.2, -0.15) is 0 Å². The molecule has 0 amide bonds. The quantitative estimate of drug-likeness (QED) is 0.789. The van der Waals surface area contributed by atoms with Crippen molar-refractivity contribution in [2.45, 2.75) is 31.3 Å². The summed E-state index contributed by atoms with van der Waals surface area (Å²) in [5.41, 5.74) is 6.12. The Labute approximate surface area is 114 Å². The molecule has 0 aromatic heterocycles. The second-order valence-corrected chi connectivity index (χ2v) is 5.12. The Morgan fingerprint density at radius 2 is 2.05 bits per heavy atom. The van der Waals surface area contributed by atoms with Gasteiger partial charge in [-0.3, -0.25) is 4.90 Å². The van der Waals surface area contributed by atoms with E-state index in [0.717, 1.165) is 12.1 Å². The van der Waals surface area contributed by atoms with Crippen molar-refractivity contribution in [3.63, 3.8) is 0 Å². The molecular weight excluding hydrogens is 240 g/mol. The molecule has 0 heterocycles. The van der Waals surface area contributed by atoms with Crippen LogP contribution in [0.1, 0.15) is 25.3 Å². The standard InChI is InChI=1S/C15H22N2O2/c1-3-17(13-9-10-13)11-15(16,14(18)19-2)12-7-5-4-6-8-12/h4-8,13H,3,9-11,16H2,1-2H3. The predicted molar refractivity (Wildman–Crippen MR) is 74.6 cm³/mol. The third kappa shape index (κ3) is 2.96. The van der Waals surface area contributed by atoms with Crippen LogP contribution < -0.4 is 5.73 Å². The van der Waals surface area contributed by atoms with Crippen LogP contribution in [-0.4, -0.2) is 37.1 Å². The highest BCUT2D eigenvalue weighted by atomic mass is 16.5. The number of methoxy groups -OCH3 is 1. The maximum Gasteiger partial charge on any atom is 0.331 e. The first-order valence-corrected chi connectivity index (χ1v) is 6.78. The SMILES string of the molecule is CCN(CC(N)(C(=O)OC)c1ccccc1)C1CC1. The number of nitrogens with two attached hydrogens (primary N) is 1. The predicted octanol–water partition coefficient (Wildman–Crippen LogP) is 1.50. The Morgan fingerprint density at radius 1 is 1.42 bits per heavy atom. The molecule has 0 saturated heterocycles. The smallest absolute Gasteiger partial charge is 0.331 e. The molecular formula is C15H22N2O2. The summed E-state index contributed by atoms with van der Waals surface area (Å²) in [6, 6.07) is 10.1. The van der Waals surface area contributed by atoms with Gasteiger partial charge >= 0.3 is 5.97 Å². The molecule has 1 unspecified atom stereocenters. The zero-order valence-corrected chi connectivity index (χ0v) is 11.6. The molecule has 1 aromatic carbocycles. The minimum absolute atomic E-state index is 0.377. The fraction of sp³-hybridized carbons (Fsp3) is 0.533. The summed E-state index contributed by atoms with van der Waals surface area (Å²) in [5, 5.41) is 0. The van der Waals surface area contributed by atoms with Gasteiger partial charge in [-0.25, -0.2) is 4.79 Å². The summed E-state index contributed by atoms with van der Waals surface area (Å²) in [6.45, 7) is 3.50. The molecule has 0 aliphatic heterocycles. The fourth-order valence-electron chi connectivity index (χ4n) is 2.45. The van der Waals surface area contributed by atoms with Crippen LogP contribution in [0.15, 0.2) is 30.3 Å². The summed E-state index contributed by atoms with van der Waals surface area (Å²) in [6.07, 6.45) is 2.39. The van der Waals surface area contributed by atoms with Crippen LogP contribution in [0.4, 0.5) is 0 Å². The van der Waals surface area contributed by atoms with Gasteiger partial charge in [-0.15, -0.1) is 0 Å². The van der Waals surface area contributed by atoms with Crippen molar-refractivity contribution in [1.82, 2.24) is 4.90 Å². The van der Waals surface area contributed by atoms with E-state index in [4.69, 9.17) is 10.5 Å². The van der Waals surface area contributed by atoms with Crippen LogP contribution in [0.25, 0.3) is 0 Å². The summed E-state index contributed by atoms with van der Waals surface area (Å²) in [7, 11) is 1.39. The summed E-state index contributed by atoms with van der Waals surface area (Å²) < 4.78 is 4.92. The zero-order chi connectivity index (χ0) is 13.9. The van der Waals surface area contributed by atoms with E-state index in [2.05, 4.69) is 11.8 Å². The Balaban J connectivity index is 2.26. The highest BCUT2D eigenvalue weighted by Crippen LogP contribution is 2.30. The lowest BCUT2D eigenvalue weighted by atomic mass is 9.90. The van der Waals surface area contributed by atoms with Crippen molar-refractivity contribution in [1.29, 1.82) is 0 Å². The van der Waals surface area contributed by atoms with E-state index in [9.17, 15) is 4.79 Å². The molecule has 2 N–H and O–H groups in total. The van der Waals surface area contributed by atoms with Crippen LogP contribution in [0.3, 0.4) is 0 Å². The first-order valence-electron chi connectivity index (χ1n) is 6.78. The minimum atomic E-state index is -1.09. The molecule has 4 heteroatoms. The first kappa shape index (κ1) is 14.0. The molecule has 1 fully saturated rings. The van der Waals surface area contributed by atoms with Gasteiger partial charge in [0.25, 0.3) is 0 Å². The van der Waals surface area contributed by atoms with E-state index in [0.29, 0.717) is 12.6 Å². The number of nitrogens with zero attached hydrogens (tertiary/aromatic N) is 1. The Kier molecular flexibility index (Phi) is 4.22. The lowest BCUT2D eigenvalue weighted by molar-refractivity contribution is -0.148. The lowest BCUT2D eigenvalue weighted by Crippen LogP contribution is -2.54. The van der Waals surface area contributed by atoms with Gasteiger partial charge in [0.05, 0.1) is 7.11 Å². The average molecular weight is 262 g/mol. The molecule has 1 saturated carbocycles. The van der Waals surface area contributed by atoms with Crippen molar-refractivity contribution in [3.8, 4) is 0 Å². The lowest BCUT2D eigenvalue weighted by Gasteiger charge is -2.33. The van der Waals surface area contributed by atoms with Crippen molar-refractivity contribution >= 4 is 5.97 Å². The van der Waals surface area contributed by atoms with Crippen molar-refractivity contribution in [3.05, 3.63) is 35.9 Å². The van der Waals surface area contributed by atoms with Gasteiger partial charge in [0.2, 0.25) is 0 Å². The van der Waals surface area contributed by atoms with Gasteiger partial charge in [0.15, 0.2) is 5.54 Å². The van der Waals surface area contributed by atoms with E-state index < -0.39 is 5.54 Å². The van der Waals surface area contributed by atoms with Gasteiger partial charge in [0.1, 0.15) is 0 Å². The summed E-state index contributed by atoms with van der Waals surface area (Å²) >= 11 is 0. The largest absolute Gasteiger partial charge is 0.467 e. The number of rotatable bonds is 6. The molecule has 1 aliphatic carbocycles. The molecule has 0 bridgehead atoms. The molecule has 1 aromatic rings. The fourth-order valence-corrected chi connectivity index (χ4v) is 2.45. The van der Waals surface area contributed by atoms with E-state index >= 15 is 0 Å². The Hall–Kier alpha value is -1.39. The first-order chi connectivity index (χ1) is 9.11.